The van der Waals surface area contributed by atoms with Crippen molar-refractivity contribution < 1.29 is 0 Å². The van der Waals surface area contributed by atoms with Crippen molar-refractivity contribution in [3.8, 4) is 5.69 Å². The average molecular weight is 334 g/mol. The summed E-state index contributed by atoms with van der Waals surface area (Å²) in [4.78, 5) is 2.45. The van der Waals surface area contributed by atoms with Gasteiger partial charge in [0.15, 0.2) is 5.82 Å². The molecule has 0 aliphatic carbocycles. The van der Waals surface area contributed by atoms with Crippen LogP contribution in [0.15, 0.2) is 66.9 Å². The molecule has 1 unspecified atom stereocenters. The smallest absolute Gasteiger partial charge is 0.152 e. The molecule has 0 fully saturated rings. The summed E-state index contributed by atoms with van der Waals surface area (Å²) < 4.78 is 1.87. The molecule has 0 saturated carbocycles. The second-order valence-electron chi connectivity index (χ2n) is 6.13. The van der Waals surface area contributed by atoms with E-state index >= 15 is 0 Å². The quantitative estimate of drug-likeness (QED) is 0.658. The van der Waals surface area contributed by atoms with E-state index in [1.54, 1.807) is 0 Å². The highest BCUT2D eigenvalue weighted by Crippen LogP contribution is 2.23. The molecule has 25 heavy (non-hydrogen) atoms. The van der Waals surface area contributed by atoms with Gasteiger partial charge in [-0.1, -0.05) is 44.2 Å². The predicted octanol–water partition coefficient (Wildman–Crippen LogP) is 5.02. The van der Waals surface area contributed by atoms with Gasteiger partial charge in [-0.05, 0) is 49.8 Å². The van der Waals surface area contributed by atoms with E-state index in [2.05, 4.69) is 60.4 Å². The van der Waals surface area contributed by atoms with Crippen molar-refractivity contribution in [2.75, 3.05) is 18.4 Å². The van der Waals surface area contributed by atoms with Gasteiger partial charge in [-0.15, -0.1) is 0 Å². The number of hydrogen-bond acceptors (Lipinski definition) is 3. The first-order chi connectivity index (χ1) is 12.2. The van der Waals surface area contributed by atoms with E-state index in [0.29, 0.717) is 6.04 Å². The van der Waals surface area contributed by atoms with E-state index in [4.69, 9.17) is 0 Å². The molecule has 2 aromatic carbocycles. The topological polar surface area (TPSA) is 33.1 Å². The molecule has 0 amide bonds. The van der Waals surface area contributed by atoms with Crippen LogP contribution in [-0.4, -0.2) is 27.8 Å². The van der Waals surface area contributed by atoms with E-state index < -0.39 is 0 Å². The Morgan fingerprint density at radius 3 is 2.28 bits per heavy atom. The largest absolute Gasteiger partial charge is 0.339 e. The molecule has 0 saturated heterocycles. The van der Waals surface area contributed by atoms with Crippen LogP contribution in [0.5, 0.6) is 0 Å². The normalized spacial score (nSPS) is 12.3. The van der Waals surface area contributed by atoms with Crippen LogP contribution >= 0.6 is 0 Å². The highest BCUT2D eigenvalue weighted by Gasteiger charge is 2.12. The molecule has 4 heteroatoms. The third-order valence-electron chi connectivity index (χ3n) is 4.64. The molecule has 1 atom stereocenters. The SMILES string of the molecule is CCN(CC)C(C)c1ccc(Nc2ccn(-c3ccccc3)n2)cc1. The molecule has 0 radical (unpaired) electrons. The Morgan fingerprint density at radius 1 is 0.960 bits per heavy atom. The van der Waals surface area contributed by atoms with Crippen LogP contribution in [0, 0.1) is 0 Å². The molecule has 1 N–H and O–H groups in total. The second-order valence-corrected chi connectivity index (χ2v) is 6.13. The summed E-state index contributed by atoms with van der Waals surface area (Å²) >= 11 is 0. The van der Waals surface area contributed by atoms with Crippen molar-refractivity contribution in [3.05, 3.63) is 72.4 Å². The second kappa shape index (κ2) is 7.99. The fourth-order valence-corrected chi connectivity index (χ4v) is 3.09. The van der Waals surface area contributed by atoms with E-state index in [1.165, 1.54) is 5.56 Å². The zero-order valence-corrected chi connectivity index (χ0v) is 15.2. The average Bonchev–Trinajstić information content (AvgIpc) is 3.12. The maximum atomic E-state index is 4.59. The summed E-state index contributed by atoms with van der Waals surface area (Å²) in [5.41, 5.74) is 3.44. The first-order valence-electron chi connectivity index (χ1n) is 8.93. The highest BCUT2D eigenvalue weighted by molar-refractivity contribution is 5.56. The molecule has 130 valence electrons. The van der Waals surface area contributed by atoms with E-state index in [1.807, 2.05) is 47.3 Å². The number of nitrogens with zero attached hydrogens (tertiary/aromatic N) is 3. The van der Waals surface area contributed by atoms with Crippen LogP contribution in [0.2, 0.25) is 0 Å². The number of hydrogen-bond donors (Lipinski definition) is 1. The molecule has 1 heterocycles. The Labute approximate surface area is 150 Å². The van der Waals surface area contributed by atoms with Crippen molar-refractivity contribution in [1.82, 2.24) is 14.7 Å². The lowest BCUT2D eigenvalue weighted by Gasteiger charge is -2.26. The number of aromatic nitrogens is 2. The summed E-state index contributed by atoms with van der Waals surface area (Å²) in [6.45, 7) is 8.80. The molecule has 3 aromatic rings. The molecule has 0 aliphatic rings. The lowest BCUT2D eigenvalue weighted by molar-refractivity contribution is 0.234. The molecular weight excluding hydrogens is 308 g/mol. The Balaban J connectivity index is 1.69. The molecule has 0 aliphatic heterocycles. The fourth-order valence-electron chi connectivity index (χ4n) is 3.09. The number of nitrogens with one attached hydrogen (secondary N) is 1. The number of anilines is 2. The molecule has 4 nitrogen and oxygen atoms in total. The van der Waals surface area contributed by atoms with Crippen molar-refractivity contribution in [2.24, 2.45) is 0 Å². The van der Waals surface area contributed by atoms with Crippen LogP contribution in [0.4, 0.5) is 11.5 Å². The summed E-state index contributed by atoms with van der Waals surface area (Å²) in [6, 6.07) is 21.2. The summed E-state index contributed by atoms with van der Waals surface area (Å²) in [7, 11) is 0. The summed E-state index contributed by atoms with van der Waals surface area (Å²) in [5.74, 6) is 0.841. The number of rotatable bonds is 7. The highest BCUT2D eigenvalue weighted by atomic mass is 15.3. The monoisotopic (exact) mass is 334 g/mol. The Bertz CT molecular complexity index is 773. The number of benzene rings is 2. The van der Waals surface area contributed by atoms with Crippen LogP contribution in [-0.2, 0) is 0 Å². The van der Waals surface area contributed by atoms with E-state index in [-0.39, 0.29) is 0 Å². The van der Waals surface area contributed by atoms with Gasteiger partial charge in [0.2, 0.25) is 0 Å². The predicted molar refractivity (Wildman–Crippen MR) is 105 cm³/mol. The summed E-state index contributed by atoms with van der Waals surface area (Å²) in [6.07, 6.45) is 1.97. The van der Waals surface area contributed by atoms with Gasteiger partial charge in [-0.3, -0.25) is 4.90 Å². The van der Waals surface area contributed by atoms with Crippen LogP contribution in [0.3, 0.4) is 0 Å². The van der Waals surface area contributed by atoms with Gasteiger partial charge < -0.3 is 5.32 Å². The van der Waals surface area contributed by atoms with Gasteiger partial charge in [0.25, 0.3) is 0 Å². The minimum atomic E-state index is 0.432. The lowest BCUT2D eigenvalue weighted by Crippen LogP contribution is -2.26. The maximum absolute atomic E-state index is 4.59. The molecule has 3 rings (SSSR count). The minimum absolute atomic E-state index is 0.432. The first kappa shape index (κ1) is 17.2. The van der Waals surface area contributed by atoms with Crippen molar-refractivity contribution in [1.29, 1.82) is 0 Å². The van der Waals surface area contributed by atoms with E-state index in [0.717, 1.165) is 30.3 Å². The van der Waals surface area contributed by atoms with Gasteiger partial charge in [0.05, 0.1) is 5.69 Å². The fraction of sp³-hybridized carbons (Fsp3) is 0.286. The van der Waals surface area contributed by atoms with Crippen molar-refractivity contribution in [2.45, 2.75) is 26.8 Å². The van der Waals surface area contributed by atoms with Crippen LogP contribution < -0.4 is 5.32 Å². The lowest BCUT2D eigenvalue weighted by atomic mass is 10.1. The molecule has 0 spiro atoms. The Morgan fingerprint density at radius 2 is 1.64 bits per heavy atom. The Hall–Kier alpha value is -2.59. The van der Waals surface area contributed by atoms with Crippen LogP contribution in [0.25, 0.3) is 5.69 Å². The maximum Gasteiger partial charge on any atom is 0.152 e. The Kier molecular flexibility index (Phi) is 5.51. The van der Waals surface area contributed by atoms with Gasteiger partial charge in [0, 0.05) is 24.0 Å². The third kappa shape index (κ3) is 4.09. The zero-order valence-electron chi connectivity index (χ0n) is 15.2. The van der Waals surface area contributed by atoms with Crippen molar-refractivity contribution >= 4 is 11.5 Å². The van der Waals surface area contributed by atoms with Gasteiger partial charge in [-0.25, -0.2) is 4.68 Å². The zero-order chi connectivity index (χ0) is 17.6. The minimum Gasteiger partial charge on any atom is -0.339 e. The van der Waals surface area contributed by atoms with Crippen LogP contribution in [0.1, 0.15) is 32.4 Å². The van der Waals surface area contributed by atoms with Crippen molar-refractivity contribution in [3.63, 3.8) is 0 Å². The van der Waals surface area contributed by atoms with E-state index in [9.17, 15) is 0 Å². The molecule has 1 aromatic heterocycles. The standard InChI is InChI=1S/C21H26N4/c1-4-24(5-2)17(3)18-11-13-19(14-12-18)22-21-15-16-25(23-21)20-9-7-6-8-10-20/h6-17H,4-5H2,1-3H3,(H,22,23). The van der Waals surface area contributed by atoms with Gasteiger partial charge >= 0.3 is 0 Å². The third-order valence-corrected chi connectivity index (χ3v) is 4.64. The molecular formula is C21H26N4. The molecule has 0 bridgehead atoms. The number of para-hydroxylation sites is 1. The first-order valence-corrected chi connectivity index (χ1v) is 8.93. The van der Waals surface area contributed by atoms with Gasteiger partial charge in [-0.2, -0.15) is 5.10 Å². The summed E-state index contributed by atoms with van der Waals surface area (Å²) in [5, 5.41) is 7.96. The van der Waals surface area contributed by atoms with Gasteiger partial charge in [0.1, 0.15) is 0 Å².